The third-order valence-corrected chi connectivity index (χ3v) is 1.94. The van der Waals surface area contributed by atoms with Crippen molar-refractivity contribution in [1.29, 1.82) is 5.26 Å². The predicted octanol–water partition coefficient (Wildman–Crippen LogP) is 0.604. The maximum atomic E-state index is 11.1. The van der Waals surface area contributed by atoms with Crippen LogP contribution >= 0.6 is 0 Å². The first-order valence-electron chi connectivity index (χ1n) is 4.96. The van der Waals surface area contributed by atoms with Crippen LogP contribution in [-0.2, 0) is 4.79 Å². The smallest absolute Gasteiger partial charge is 0.233 e. The van der Waals surface area contributed by atoms with Gasteiger partial charge in [0.05, 0.1) is 18.5 Å². The number of amides is 1. The molecule has 0 aliphatic carbocycles. The molecule has 0 spiro atoms. The zero-order valence-electron chi connectivity index (χ0n) is 9.21. The molecular formula is C10H19N3O. The molecule has 4 heteroatoms. The third kappa shape index (κ3) is 5.55. The predicted molar refractivity (Wildman–Crippen MR) is 55.6 cm³/mol. The van der Waals surface area contributed by atoms with Crippen molar-refractivity contribution in [1.82, 2.24) is 10.2 Å². The van der Waals surface area contributed by atoms with Gasteiger partial charge in [-0.1, -0.05) is 6.92 Å². The normalized spacial score (nSPS) is 12.2. The zero-order chi connectivity index (χ0) is 11.0. The Morgan fingerprint density at radius 2 is 2.29 bits per heavy atom. The lowest BCUT2D eigenvalue weighted by molar-refractivity contribution is -0.121. The van der Waals surface area contributed by atoms with Gasteiger partial charge in [-0.15, -0.1) is 0 Å². The second-order valence-corrected chi connectivity index (χ2v) is 3.44. The Labute approximate surface area is 85.9 Å². The molecule has 0 heterocycles. The third-order valence-electron chi connectivity index (χ3n) is 1.94. The molecule has 0 radical (unpaired) electrons. The van der Waals surface area contributed by atoms with Gasteiger partial charge in [0.15, 0.2) is 0 Å². The number of carbonyl (C=O) groups is 1. The zero-order valence-corrected chi connectivity index (χ0v) is 9.21. The van der Waals surface area contributed by atoms with E-state index in [9.17, 15) is 4.79 Å². The van der Waals surface area contributed by atoms with Crippen molar-refractivity contribution in [2.45, 2.75) is 20.3 Å². The van der Waals surface area contributed by atoms with Gasteiger partial charge in [0.2, 0.25) is 5.91 Å². The van der Waals surface area contributed by atoms with E-state index in [1.807, 2.05) is 11.8 Å². The SMILES string of the molecule is CCCN(CC(=O)NC)CC(C)C#N. The molecule has 1 N–H and O–H groups in total. The molecule has 1 unspecified atom stereocenters. The second kappa shape index (κ2) is 7.34. The maximum absolute atomic E-state index is 11.1. The van der Waals surface area contributed by atoms with Crippen LogP contribution in [0.3, 0.4) is 0 Å². The van der Waals surface area contributed by atoms with Crippen LogP contribution in [0.1, 0.15) is 20.3 Å². The molecule has 0 aromatic rings. The summed E-state index contributed by atoms with van der Waals surface area (Å²) >= 11 is 0. The standard InChI is InChI=1S/C10H19N3O/c1-4-5-13(7-9(2)6-11)8-10(14)12-3/h9H,4-5,7-8H2,1-3H3,(H,12,14). The molecular weight excluding hydrogens is 178 g/mol. The van der Waals surface area contributed by atoms with Crippen molar-refractivity contribution in [3.63, 3.8) is 0 Å². The lowest BCUT2D eigenvalue weighted by Gasteiger charge is -2.21. The molecule has 0 aliphatic heterocycles. The Morgan fingerprint density at radius 1 is 1.64 bits per heavy atom. The highest BCUT2D eigenvalue weighted by Gasteiger charge is 2.11. The van der Waals surface area contributed by atoms with E-state index in [-0.39, 0.29) is 11.8 Å². The van der Waals surface area contributed by atoms with E-state index in [0.717, 1.165) is 13.0 Å². The highest BCUT2D eigenvalue weighted by atomic mass is 16.1. The first-order valence-corrected chi connectivity index (χ1v) is 4.96. The molecule has 0 rings (SSSR count). The Kier molecular flexibility index (Phi) is 6.77. The highest BCUT2D eigenvalue weighted by Crippen LogP contribution is 1.99. The summed E-state index contributed by atoms with van der Waals surface area (Å²) in [6.07, 6.45) is 0.995. The monoisotopic (exact) mass is 197 g/mol. The van der Waals surface area contributed by atoms with Gasteiger partial charge in [0.1, 0.15) is 0 Å². The van der Waals surface area contributed by atoms with Gasteiger partial charge in [0.25, 0.3) is 0 Å². The summed E-state index contributed by atoms with van der Waals surface area (Å²) in [6, 6.07) is 2.17. The minimum absolute atomic E-state index is 0.00332. The van der Waals surface area contributed by atoms with E-state index in [4.69, 9.17) is 5.26 Å². The van der Waals surface area contributed by atoms with E-state index in [1.165, 1.54) is 0 Å². The molecule has 14 heavy (non-hydrogen) atoms. The Balaban J connectivity index is 4.02. The minimum Gasteiger partial charge on any atom is -0.358 e. The number of nitriles is 1. The molecule has 0 fully saturated rings. The van der Waals surface area contributed by atoms with Gasteiger partial charge in [-0.25, -0.2) is 0 Å². The number of nitrogens with one attached hydrogen (secondary N) is 1. The summed E-state index contributed by atoms with van der Waals surface area (Å²) in [5.74, 6) is -0.0187. The number of rotatable bonds is 6. The van der Waals surface area contributed by atoms with Crippen LogP contribution < -0.4 is 5.32 Å². The first-order chi connectivity index (χ1) is 6.63. The van der Waals surface area contributed by atoms with Crippen LogP contribution in [0.15, 0.2) is 0 Å². The van der Waals surface area contributed by atoms with Gasteiger partial charge >= 0.3 is 0 Å². The molecule has 1 atom stereocenters. The summed E-state index contributed by atoms with van der Waals surface area (Å²) < 4.78 is 0. The molecule has 1 amide bonds. The minimum atomic E-state index is -0.0220. The van der Waals surface area contributed by atoms with Crippen LogP contribution in [0.4, 0.5) is 0 Å². The topological polar surface area (TPSA) is 56.1 Å². The van der Waals surface area contributed by atoms with Crippen molar-refractivity contribution in [3.05, 3.63) is 0 Å². The average molecular weight is 197 g/mol. The van der Waals surface area contributed by atoms with Crippen molar-refractivity contribution >= 4 is 5.91 Å². The number of nitrogens with zero attached hydrogens (tertiary/aromatic N) is 2. The summed E-state index contributed by atoms with van der Waals surface area (Å²) in [5.41, 5.74) is 0. The lowest BCUT2D eigenvalue weighted by atomic mass is 10.2. The fourth-order valence-electron chi connectivity index (χ4n) is 1.26. The number of hydrogen-bond acceptors (Lipinski definition) is 3. The van der Waals surface area contributed by atoms with E-state index < -0.39 is 0 Å². The fraction of sp³-hybridized carbons (Fsp3) is 0.800. The van der Waals surface area contributed by atoms with Crippen LogP contribution in [0, 0.1) is 17.2 Å². The summed E-state index contributed by atoms with van der Waals surface area (Å²) in [5, 5.41) is 11.2. The van der Waals surface area contributed by atoms with Crippen molar-refractivity contribution < 1.29 is 4.79 Å². The molecule has 80 valence electrons. The van der Waals surface area contributed by atoms with E-state index in [1.54, 1.807) is 7.05 Å². The van der Waals surface area contributed by atoms with Gasteiger partial charge in [0, 0.05) is 13.6 Å². The van der Waals surface area contributed by atoms with Crippen molar-refractivity contribution in [2.75, 3.05) is 26.7 Å². The van der Waals surface area contributed by atoms with Gasteiger partial charge in [-0.05, 0) is 19.9 Å². The molecule has 0 bridgehead atoms. The quantitative estimate of drug-likeness (QED) is 0.678. The van der Waals surface area contributed by atoms with Crippen LogP contribution in [-0.4, -0.2) is 37.5 Å². The van der Waals surface area contributed by atoms with Crippen LogP contribution in [0.5, 0.6) is 0 Å². The first kappa shape index (κ1) is 12.9. The molecule has 4 nitrogen and oxygen atoms in total. The Bertz CT molecular complexity index is 210. The molecule has 0 saturated heterocycles. The molecule has 0 aromatic carbocycles. The number of carbonyl (C=O) groups excluding carboxylic acids is 1. The summed E-state index contributed by atoms with van der Waals surface area (Å²) in [6.45, 7) is 5.84. The summed E-state index contributed by atoms with van der Waals surface area (Å²) in [4.78, 5) is 13.1. The van der Waals surface area contributed by atoms with Crippen LogP contribution in [0.25, 0.3) is 0 Å². The molecule has 0 aliphatic rings. The van der Waals surface area contributed by atoms with E-state index in [2.05, 4.69) is 18.3 Å². The average Bonchev–Trinajstić information content (AvgIpc) is 2.17. The highest BCUT2D eigenvalue weighted by molar-refractivity contribution is 5.77. The van der Waals surface area contributed by atoms with Gasteiger partial charge in [-0.3, -0.25) is 9.69 Å². The van der Waals surface area contributed by atoms with Crippen molar-refractivity contribution in [3.8, 4) is 6.07 Å². The maximum Gasteiger partial charge on any atom is 0.233 e. The van der Waals surface area contributed by atoms with Crippen molar-refractivity contribution in [2.24, 2.45) is 5.92 Å². The Hall–Kier alpha value is -1.08. The Morgan fingerprint density at radius 3 is 2.71 bits per heavy atom. The van der Waals surface area contributed by atoms with E-state index in [0.29, 0.717) is 13.1 Å². The molecule has 0 saturated carbocycles. The van der Waals surface area contributed by atoms with Crippen LogP contribution in [0.2, 0.25) is 0 Å². The van der Waals surface area contributed by atoms with Gasteiger partial charge in [-0.2, -0.15) is 5.26 Å². The number of likely N-dealkylation sites (N-methyl/N-ethyl adjacent to an activating group) is 1. The number of hydrogen-bond donors (Lipinski definition) is 1. The second-order valence-electron chi connectivity index (χ2n) is 3.44. The van der Waals surface area contributed by atoms with E-state index >= 15 is 0 Å². The summed E-state index contributed by atoms with van der Waals surface area (Å²) in [7, 11) is 1.63. The molecule has 0 aromatic heterocycles. The fourth-order valence-corrected chi connectivity index (χ4v) is 1.26. The largest absolute Gasteiger partial charge is 0.358 e. The van der Waals surface area contributed by atoms with Gasteiger partial charge < -0.3 is 5.32 Å². The lowest BCUT2D eigenvalue weighted by Crippen LogP contribution is -2.38.